The van der Waals surface area contributed by atoms with Gasteiger partial charge >= 0.3 is 0 Å². The lowest BCUT2D eigenvalue weighted by Gasteiger charge is -2.04. The van der Waals surface area contributed by atoms with E-state index in [0.29, 0.717) is 28.5 Å². The quantitative estimate of drug-likeness (QED) is 0.531. The lowest BCUT2D eigenvalue weighted by molar-refractivity contribution is 0.373. The van der Waals surface area contributed by atoms with Gasteiger partial charge in [-0.15, -0.1) is 0 Å². The summed E-state index contributed by atoms with van der Waals surface area (Å²) in [4.78, 5) is 8.96. The smallest absolute Gasteiger partial charge is 0.227 e. The predicted octanol–water partition coefficient (Wildman–Crippen LogP) is 4.96. The summed E-state index contributed by atoms with van der Waals surface area (Å²) in [6.07, 6.45) is 1.59. The third-order valence-electron chi connectivity index (χ3n) is 3.99. The molecule has 0 bridgehead atoms. The molecule has 0 unspecified atom stereocenters. The number of hydrogen-bond acceptors (Lipinski definition) is 5. The van der Waals surface area contributed by atoms with Gasteiger partial charge in [-0.05, 0) is 42.5 Å². The molecular weight excluding hydrogens is 328 g/mol. The van der Waals surface area contributed by atoms with Crippen LogP contribution in [0.15, 0.2) is 76.1 Å². The Kier molecular flexibility index (Phi) is 4.11. The molecule has 4 aromatic rings. The van der Waals surface area contributed by atoms with Gasteiger partial charge in [0.05, 0.1) is 12.8 Å². The first kappa shape index (κ1) is 15.9. The molecule has 128 valence electrons. The molecule has 0 saturated heterocycles. The minimum absolute atomic E-state index is 0.0626. The number of hydrogen-bond donors (Lipinski definition) is 1. The third kappa shape index (κ3) is 3.02. The van der Waals surface area contributed by atoms with Crippen molar-refractivity contribution < 1.29 is 14.3 Å². The van der Waals surface area contributed by atoms with Crippen LogP contribution in [0.1, 0.15) is 5.56 Å². The molecule has 0 aliphatic carbocycles. The first-order valence-corrected chi connectivity index (χ1v) is 8.10. The van der Waals surface area contributed by atoms with Gasteiger partial charge in [-0.2, -0.15) is 0 Å². The van der Waals surface area contributed by atoms with Gasteiger partial charge in [0, 0.05) is 17.3 Å². The Morgan fingerprint density at radius 1 is 1.04 bits per heavy atom. The standard InChI is InChI=1S/C21H16N2O3/c1-25-19-9-5-8-15(20(19)24)13-22-16-10-11-18-17(12-16)23-21(26-18)14-6-3-2-4-7-14/h2-13,24H,1H3. The molecule has 3 aromatic carbocycles. The Morgan fingerprint density at radius 3 is 2.69 bits per heavy atom. The number of aromatic hydroxyl groups is 1. The summed E-state index contributed by atoms with van der Waals surface area (Å²) < 4.78 is 10.9. The Balaban J connectivity index is 1.66. The molecule has 0 aliphatic rings. The number of benzene rings is 3. The van der Waals surface area contributed by atoms with E-state index in [1.807, 2.05) is 48.5 Å². The van der Waals surface area contributed by atoms with Crippen molar-refractivity contribution in [3.8, 4) is 23.0 Å². The zero-order valence-corrected chi connectivity index (χ0v) is 14.1. The van der Waals surface area contributed by atoms with Crippen LogP contribution in [0.5, 0.6) is 11.5 Å². The van der Waals surface area contributed by atoms with Crippen molar-refractivity contribution in [3.63, 3.8) is 0 Å². The molecule has 0 radical (unpaired) electrons. The van der Waals surface area contributed by atoms with Crippen molar-refractivity contribution in [1.82, 2.24) is 4.98 Å². The number of nitrogens with zero attached hydrogens (tertiary/aromatic N) is 2. The number of aliphatic imine (C=N–C) groups is 1. The van der Waals surface area contributed by atoms with Crippen molar-refractivity contribution in [2.24, 2.45) is 4.99 Å². The Bertz CT molecular complexity index is 1090. The van der Waals surface area contributed by atoms with Crippen LogP contribution in [-0.2, 0) is 0 Å². The molecule has 26 heavy (non-hydrogen) atoms. The van der Waals surface area contributed by atoms with Crippen molar-refractivity contribution >= 4 is 23.0 Å². The molecule has 1 heterocycles. The van der Waals surface area contributed by atoms with Crippen LogP contribution >= 0.6 is 0 Å². The molecule has 0 fully saturated rings. The molecule has 0 spiro atoms. The van der Waals surface area contributed by atoms with Gasteiger partial charge in [-0.1, -0.05) is 24.3 Å². The summed E-state index contributed by atoms with van der Waals surface area (Å²) in [5, 5.41) is 10.1. The minimum atomic E-state index is 0.0626. The van der Waals surface area contributed by atoms with Gasteiger partial charge in [0.15, 0.2) is 17.1 Å². The van der Waals surface area contributed by atoms with Crippen LogP contribution in [0.4, 0.5) is 5.69 Å². The van der Waals surface area contributed by atoms with Crippen LogP contribution in [0.25, 0.3) is 22.6 Å². The molecule has 0 amide bonds. The summed E-state index contributed by atoms with van der Waals surface area (Å²) in [7, 11) is 1.51. The first-order valence-electron chi connectivity index (χ1n) is 8.10. The van der Waals surface area contributed by atoms with E-state index in [0.717, 1.165) is 11.1 Å². The highest BCUT2D eigenvalue weighted by Crippen LogP contribution is 2.30. The molecule has 0 aliphatic heterocycles. The van der Waals surface area contributed by atoms with Crippen molar-refractivity contribution in [2.45, 2.75) is 0 Å². The lowest BCUT2D eigenvalue weighted by Crippen LogP contribution is -1.88. The molecule has 0 atom stereocenters. The monoisotopic (exact) mass is 344 g/mol. The van der Waals surface area contributed by atoms with E-state index in [1.165, 1.54) is 7.11 Å². The number of ether oxygens (including phenoxy) is 1. The highest BCUT2D eigenvalue weighted by Gasteiger charge is 2.08. The maximum Gasteiger partial charge on any atom is 0.227 e. The number of para-hydroxylation sites is 1. The highest BCUT2D eigenvalue weighted by molar-refractivity contribution is 5.88. The maximum atomic E-state index is 10.1. The normalized spacial score (nSPS) is 11.3. The zero-order valence-electron chi connectivity index (χ0n) is 14.1. The number of aromatic nitrogens is 1. The van der Waals surface area contributed by atoms with E-state index in [-0.39, 0.29) is 5.75 Å². The molecule has 1 aromatic heterocycles. The molecule has 5 nitrogen and oxygen atoms in total. The van der Waals surface area contributed by atoms with Gasteiger partial charge in [-0.3, -0.25) is 4.99 Å². The average Bonchev–Trinajstić information content (AvgIpc) is 3.11. The number of oxazole rings is 1. The molecular formula is C21H16N2O3. The van der Waals surface area contributed by atoms with E-state index in [9.17, 15) is 5.11 Å². The second kappa shape index (κ2) is 6.72. The van der Waals surface area contributed by atoms with Crippen LogP contribution in [-0.4, -0.2) is 23.4 Å². The van der Waals surface area contributed by atoms with Crippen molar-refractivity contribution in [2.75, 3.05) is 7.11 Å². The lowest BCUT2D eigenvalue weighted by atomic mass is 10.2. The number of methoxy groups -OCH3 is 1. The average molecular weight is 344 g/mol. The summed E-state index contributed by atoms with van der Waals surface area (Å²) in [6, 6.07) is 20.5. The fraction of sp³-hybridized carbons (Fsp3) is 0.0476. The maximum absolute atomic E-state index is 10.1. The molecule has 0 saturated carbocycles. The number of phenols is 1. The molecule has 4 rings (SSSR count). The largest absolute Gasteiger partial charge is 0.504 e. The Morgan fingerprint density at radius 2 is 1.88 bits per heavy atom. The number of phenolic OH excluding ortho intramolecular Hbond substituents is 1. The van der Waals surface area contributed by atoms with Gasteiger partial charge in [0.25, 0.3) is 0 Å². The zero-order chi connectivity index (χ0) is 17.9. The summed E-state index contributed by atoms with van der Waals surface area (Å²) in [5.74, 6) is 1.05. The third-order valence-corrected chi connectivity index (χ3v) is 3.99. The first-order chi connectivity index (χ1) is 12.7. The van der Waals surface area contributed by atoms with E-state index in [2.05, 4.69) is 9.98 Å². The minimum Gasteiger partial charge on any atom is -0.504 e. The topological polar surface area (TPSA) is 67.9 Å². The Hall–Kier alpha value is -3.60. The summed E-state index contributed by atoms with van der Waals surface area (Å²) in [5.41, 5.74) is 3.65. The summed E-state index contributed by atoms with van der Waals surface area (Å²) in [6.45, 7) is 0. The highest BCUT2D eigenvalue weighted by atomic mass is 16.5. The van der Waals surface area contributed by atoms with E-state index < -0.39 is 0 Å². The van der Waals surface area contributed by atoms with Crippen LogP contribution in [0.2, 0.25) is 0 Å². The van der Waals surface area contributed by atoms with Gasteiger partial charge in [-0.25, -0.2) is 4.98 Å². The number of rotatable bonds is 4. The fourth-order valence-corrected chi connectivity index (χ4v) is 2.65. The van der Waals surface area contributed by atoms with E-state index in [1.54, 1.807) is 24.4 Å². The van der Waals surface area contributed by atoms with Gasteiger partial charge < -0.3 is 14.3 Å². The predicted molar refractivity (Wildman–Crippen MR) is 101 cm³/mol. The van der Waals surface area contributed by atoms with E-state index in [4.69, 9.17) is 9.15 Å². The van der Waals surface area contributed by atoms with E-state index >= 15 is 0 Å². The second-order valence-corrected chi connectivity index (χ2v) is 5.69. The second-order valence-electron chi connectivity index (χ2n) is 5.69. The van der Waals surface area contributed by atoms with Gasteiger partial charge in [0.2, 0.25) is 5.89 Å². The van der Waals surface area contributed by atoms with Crippen LogP contribution < -0.4 is 4.74 Å². The Labute approximate surface area is 150 Å². The molecule has 1 N–H and O–H groups in total. The van der Waals surface area contributed by atoms with Crippen molar-refractivity contribution in [3.05, 3.63) is 72.3 Å². The van der Waals surface area contributed by atoms with Crippen LogP contribution in [0, 0.1) is 0 Å². The SMILES string of the molecule is COc1cccc(C=Nc2ccc3oc(-c4ccccc4)nc3c2)c1O. The van der Waals surface area contributed by atoms with Crippen LogP contribution in [0.3, 0.4) is 0 Å². The van der Waals surface area contributed by atoms with Gasteiger partial charge in [0.1, 0.15) is 5.52 Å². The molecule has 5 heteroatoms. The number of fused-ring (bicyclic) bond motifs is 1. The summed E-state index contributed by atoms with van der Waals surface area (Å²) >= 11 is 0. The fourth-order valence-electron chi connectivity index (χ4n) is 2.65. The van der Waals surface area contributed by atoms with Crippen molar-refractivity contribution in [1.29, 1.82) is 0 Å².